The van der Waals surface area contributed by atoms with E-state index in [1.807, 2.05) is 0 Å². The SMILES string of the molecule is CC(C)CCC(=O)N1C2CCC1CC(Cl)C2. The van der Waals surface area contributed by atoms with E-state index in [-0.39, 0.29) is 0 Å². The summed E-state index contributed by atoms with van der Waals surface area (Å²) in [5.41, 5.74) is 0. The standard InChI is InChI=1S/C13H22ClNO/c1-9(2)3-6-13(16)15-11-4-5-12(15)8-10(14)7-11/h9-12H,3-8H2,1-2H3. The first-order chi connectivity index (χ1) is 7.58. The molecular formula is C13H22ClNO. The van der Waals surface area contributed by atoms with Gasteiger partial charge in [0.25, 0.3) is 0 Å². The highest BCUT2D eigenvalue weighted by atomic mass is 35.5. The second-order valence-corrected chi connectivity index (χ2v) is 6.30. The largest absolute Gasteiger partial charge is 0.337 e. The molecule has 0 radical (unpaired) electrons. The molecule has 2 heterocycles. The van der Waals surface area contributed by atoms with Crippen molar-refractivity contribution in [1.82, 2.24) is 4.90 Å². The summed E-state index contributed by atoms with van der Waals surface area (Å²) < 4.78 is 0. The molecule has 0 N–H and O–H groups in total. The molecule has 0 aliphatic carbocycles. The van der Waals surface area contributed by atoms with E-state index in [0.29, 0.717) is 29.3 Å². The molecular weight excluding hydrogens is 222 g/mol. The zero-order valence-electron chi connectivity index (χ0n) is 10.3. The number of carbonyl (C=O) groups is 1. The summed E-state index contributed by atoms with van der Waals surface area (Å²) in [5.74, 6) is 0.983. The molecule has 0 aromatic rings. The average Bonchev–Trinajstić information content (AvgIpc) is 2.48. The van der Waals surface area contributed by atoms with Crippen molar-refractivity contribution >= 4 is 17.5 Å². The van der Waals surface area contributed by atoms with E-state index in [0.717, 1.165) is 25.7 Å². The molecule has 2 saturated heterocycles. The highest BCUT2D eigenvalue weighted by Gasteiger charge is 2.42. The Morgan fingerprint density at radius 1 is 1.31 bits per heavy atom. The van der Waals surface area contributed by atoms with Gasteiger partial charge < -0.3 is 4.90 Å². The molecule has 16 heavy (non-hydrogen) atoms. The lowest BCUT2D eigenvalue weighted by Gasteiger charge is -2.37. The molecule has 3 heteroatoms. The molecule has 2 aliphatic rings. The normalized spacial score (nSPS) is 33.5. The van der Waals surface area contributed by atoms with Gasteiger partial charge in [0.05, 0.1) is 0 Å². The van der Waals surface area contributed by atoms with Gasteiger partial charge in [-0.25, -0.2) is 0 Å². The number of amides is 1. The van der Waals surface area contributed by atoms with Gasteiger partial charge in [0.1, 0.15) is 0 Å². The molecule has 2 aliphatic heterocycles. The van der Waals surface area contributed by atoms with Crippen molar-refractivity contribution in [2.45, 2.75) is 69.8 Å². The molecule has 2 nitrogen and oxygen atoms in total. The Bertz CT molecular complexity index is 253. The Morgan fingerprint density at radius 3 is 2.38 bits per heavy atom. The van der Waals surface area contributed by atoms with Crippen LogP contribution in [0.2, 0.25) is 0 Å². The van der Waals surface area contributed by atoms with Gasteiger partial charge in [-0.15, -0.1) is 11.6 Å². The van der Waals surface area contributed by atoms with Crippen LogP contribution in [0.25, 0.3) is 0 Å². The van der Waals surface area contributed by atoms with E-state index in [4.69, 9.17) is 11.6 Å². The van der Waals surface area contributed by atoms with Gasteiger partial charge in [-0.05, 0) is 38.0 Å². The Hall–Kier alpha value is -0.240. The fraction of sp³-hybridized carbons (Fsp3) is 0.923. The third-order valence-corrected chi connectivity index (χ3v) is 4.26. The predicted octanol–water partition coefficient (Wildman–Crippen LogP) is 3.18. The van der Waals surface area contributed by atoms with E-state index in [1.165, 1.54) is 12.8 Å². The first kappa shape index (κ1) is 12.2. The maximum Gasteiger partial charge on any atom is 0.223 e. The third-order valence-electron chi connectivity index (χ3n) is 3.90. The van der Waals surface area contributed by atoms with Crippen LogP contribution >= 0.6 is 11.6 Å². The lowest BCUT2D eigenvalue weighted by atomic mass is 10.0. The number of piperidine rings is 1. The van der Waals surface area contributed by atoms with E-state index in [2.05, 4.69) is 18.7 Å². The number of hydrogen-bond donors (Lipinski definition) is 0. The van der Waals surface area contributed by atoms with Crippen LogP contribution < -0.4 is 0 Å². The number of alkyl halides is 1. The van der Waals surface area contributed by atoms with Crippen LogP contribution in [0, 0.1) is 5.92 Å². The van der Waals surface area contributed by atoms with Crippen LogP contribution in [-0.4, -0.2) is 28.3 Å². The van der Waals surface area contributed by atoms with Gasteiger partial charge in [0.2, 0.25) is 5.91 Å². The van der Waals surface area contributed by atoms with Gasteiger partial charge in [0.15, 0.2) is 0 Å². The van der Waals surface area contributed by atoms with E-state index in [1.54, 1.807) is 0 Å². The summed E-state index contributed by atoms with van der Waals surface area (Å²) in [5, 5.41) is 0.298. The lowest BCUT2D eigenvalue weighted by molar-refractivity contribution is -0.135. The molecule has 0 aromatic carbocycles. The molecule has 0 saturated carbocycles. The molecule has 2 atom stereocenters. The van der Waals surface area contributed by atoms with Crippen molar-refractivity contribution in [2.24, 2.45) is 5.92 Å². The van der Waals surface area contributed by atoms with Crippen LogP contribution in [-0.2, 0) is 4.79 Å². The Morgan fingerprint density at radius 2 is 1.88 bits per heavy atom. The van der Waals surface area contributed by atoms with Crippen molar-refractivity contribution in [2.75, 3.05) is 0 Å². The van der Waals surface area contributed by atoms with Crippen LogP contribution in [0.3, 0.4) is 0 Å². The summed E-state index contributed by atoms with van der Waals surface area (Å²) in [7, 11) is 0. The quantitative estimate of drug-likeness (QED) is 0.698. The first-order valence-corrected chi connectivity index (χ1v) is 6.96. The van der Waals surface area contributed by atoms with Gasteiger partial charge in [0, 0.05) is 23.9 Å². The minimum absolute atomic E-state index is 0.298. The van der Waals surface area contributed by atoms with Gasteiger partial charge in [-0.3, -0.25) is 4.79 Å². The predicted molar refractivity (Wildman–Crippen MR) is 66.6 cm³/mol. The zero-order chi connectivity index (χ0) is 11.7. The maximum absolute atomic E-state index is 12.2. The highest BCUT2D eigenvalue weighted by molar-refractivity contribution is 6.20. The monoisotopic (exact) mass is 243 g/mol. The van der Waals surface area contributed by atoms with Crippen molar-refractivity contribution in [1.29, 1.82) is 0 Å². The second kappa shape index (κ2) is 4.95. The molecule has 2 rings (SSSR count). The molecule has 92 valence electrons. The Labute approximate surface area is 103 Å². The fourth-order valence-electron chi connectivity index (χ4n) is 3.06. The van der Waals surface area contributed by atoms with Crippen LogP contribution in [0.4, 0.5) is 0 Å². The molecule has 0 aromatic heterocycles. The summed E-state index contributed by atoms with van der Waals surface area (Å²) in [6.07, 6.45) is 6.08. The summed E-state index contributed by atoms with van der Waals surface area (Å²) in [4.78, 5) is 14.3. The number of fused-ring (bicyclic) bond motifs is 2. The van der Waals surface area contributed by atoms with Gasteiger partial charge in [-0.2, -0.15) is 0 Å². The van der Waals surface area contributed by atoms with Crippen LogP contribution in [0.5, 0.6) is 0 Å². The van der Waals surface area contributed by atoms with Crippen molar-refractivity contribution in [3.05, 3.63) is 0 Å². The summed E-state index contributed by atoms with van der Waals surface area (Å²) in [6.45, 7) is 4.35. The van der Waals surface area contributed by atoms with Gasteiger partial charge in [-0.1, -0.05) is 13.8 Å². The maximum atomic E-state index is 12.2. The van der Waals surface area contributed by atoms with E-state index >= 15 is 0 Å². The summed E-state index contributed by atoms with van der Waals surface area (Å²) in [6, 6.07) is 0.891. The molecule has 1 amide bonds. The first-order valence-electron chi connectivity index (χ1n) is 6.53. The minimum atomic E-state index is 0.298. The van der Waals surface area contributed by atoms with Gasteiger partial charge >= 0.3 is 0 Å². The highest BCUT2D eigenvalue weighted by Crippen LogP contribution is 2.38. The molecule has 0 spiro atoms. The number of nitrogens with zero attached hydrogens (tertiary/aromatic N) is 1. The van der Waals surface area contributed by atoms with Crippen molar-refractivity contribution in [3.8, 4) is 0 Å². The lowest BCUT2D eigenvalue weighted by Crippen LogP contribution is -2.46. The molecule has 2 bridgehead atoms. The number of carbonyl (C=O) groups excluding carboxylic acids is 1. The fourth-order valence-corrected chi connectivity index (χ4v) is 3.47. The number of hydrogen-bond acceptors (Lipinski definition) is 1. The second-order valence-electron chi connectivity index (χ2n) is 5.69. The topological polar surface area (TPSA) is 20.3 Å². The zero-order valence-corrected chi connectivity index (χ0v) is 11.0. The number of rotatable bonds is 3. The Balaban J connectivity index is 1.92. The van der Waals surface area contributed by atoms with Crippen LogP contribution in [0.1, 0.15) is 52.4 Å². The van der Waals surface area contributed by atoms with Crippen molar-refractivity contribution in [3.63, 3.8) is 0 Å². The molecule has 2 fully saturated rings. The smallest absolute Gasteiger partial charge is 0.223 e. The van der Waals surface area contributed by atoms with E-state index in [9.17, 15) is 4.79 Å². The average molecular weight is 244 g/mol. The Kier molecular flexibility index (Phi) is 3.78. The minimum Gasteiger partial charge on any atom is -0.337 e. The number of halogens is 1. The van der Waals surface area contributed by atoms with Crippen LogP contribution in [0.15, 0.2) is 0 Å². The summed E-state index contributed by atoms with van der Waals surface area (Å²) >= 11 is 6.21. The molecule has 2 unspecified atom stereocenters. The van der Waals surface area contributed by atoms with E-state index < -0.39 is 0 Å². The third kappa shape index (κ3) is 2.53. The van der Waals surface area contributed by atoms with Crippen molar-refractivity contribution < 1.29 is 4.79 Å².